The third-order valence-electron chi connectivity index (χ3n) is 2.38. The van der Waals surface area contributed by atoms with E-state index in [1.165, 1.54) is 0 Å². The minimum absolute atomic E-state index is 0.295. The van der Waals surface area contributed by atoms with Crippen molar-refractivity contribution >= 4 is 28.8 Å². The maximum atomic E-state index is 5.86. The third-order valence-corrected chi connectivity index (χ3v) is 2.80. The highest BCUT2D eigenvalue weighted by atomic mass is 35.5. The molecule has 1 heterocycles. The number of para-hydroxylation sites is 1. The lowest BCUT2D eigenvalue weighted by molar-refractivity contribution is 0.475. The molecule has 0 bridgehead atoms. The highest BCUT2D eigenvalue weighted by molar-refractivity contribution is 7.80. The molecule has 0 aliphatic rings. The van der Waals surface area contributed by atoms with Gasteiger partial charge in [-0.2, -0.15) is 0 Å². The van der Waals surface area contributed by atoms with Gasteiger partial charge in [0.05, 0.1) is 16.8 Å². The van der Waals surface area contributed by atoms with Crippen LogP contribution in [0, 0.1) is 6.92 Å². The Morgan fingerprint density at radius 1 is 1.39 bits per heavy atom. The van der Waals surface area contributed by atoms with Crippen LogP contribution in [0.2, 0.25) is 5.02 Å². The molecule has 0 saturated heterocycles. The molecule has 0 amide bonds. The van der Waals surface area contributed by atoms with Gasteiger partial charge in [-0.1, -0.05) is 36.0 Å². The molecule has 2 aromatic rings. The van der Waals surface area contributed by atoms with Crippen molar-refractivity contribution in [1.29, 1.82) is 0 Å². The Hall–Kier alpha value is -1.65. The number of thiocarbonyl (C=S) groups is 1. The van der Waals surface area contributed by atoms with Crippen molar-refractivity contribution in [2.75, 3.05) is 0 Å². The molecule has 1 aromatic carbocycles. The van der Waals surface area contributed by atoms with Crippen LogP contribution in [0.4, 0.5) is 0 Å². The van der Waals surface area contributed by atoms with Crippen LogP contribution in [0.3, 0.4) is 0 Å². The van der Waals surface area contributed by atoms with Gasteiger partial charge >= 0.3 is 0 Å². The highest BCUT2D eigenvalue weighted by Gasteiger charge is 2.10. The fraction of sp³-hybridized carbons (Fsp3) is 0.0769. The third kappa shape index (κ3) is 2.78. The number of pyridine rings is 1. The quantitative estimate of drug-likeness (QED) is 0.874. The molecule has 0 spiro atoms. The van der Waals surface area contributed by atoms with E-state index in [9.17, 15) is 0 Å². The van der Waals surface area contributed by atoms with Crippen molar-refractivity contribution in [1.82, 2.24) is 4.98 Å². The van der Waals surface area contributed by atoms with Gasteiger partial charge in [-0.05, 0) is 18.6 Å². The molecule has 92 valence electrons. The van der Waals surface area contributed by atoms with Crippen molar-refractivity contribution in [3.8, 4) is 11.5 Å². The number of hydrogen-bond donors (Lipinski definition) is 1. The Balaban J connectivity index is 2.42. The summed E-state index contributed by atoms with van der Waals surface area (Å²) >= 11 is 10.9. The summed E-state index contributed by atoms with van der Waals surface area (Å²) in [5.41, 5.74) is 7.32. The second-order valence-corrected chi connectivity index (χ2v) is 4.63. The number of nitrogens with zero attached hydrogens (tertiary/aromatic N) is 1. The van der Waals surface area contributed by atoms with E-state index in [-0.39, 0.29) is 0 Å². The SMILES string of the molecule is Cc1cccc(C(N)=S)c1Oc1cncc(Cl)c1. The molecular formula is C13H11ClN2OS. The largest absolute Gasteiger partial charge is 0.455 e. The molecule has 0 aliphatic heterocycles. The smallest absolute Gasteiger partial charge is 0.147 e. The lowest BCUT2D eigenvalue weighted by atomic mass is 10.1. The highest BCUT2D eigenvalue weighted by Crippen LogP contribution is 2.29. The predicted molar refractivity (Wildman–Crippen MR) is 76.4 cm³/mol. The molecule has 0 saturated carbocycles. The maximum Gasteiger partial charge on any atom is 0.147 e. The van der Waals surface area contributed by atoms with E-state index >= 15 is 0 Å². The first-order valence-electron chi connectivity index (χ1n) is 5.26. The molecule has 0 radical (unpaired) electrons. The molecule has 2 N–H and O–H groups in total. The van der Waals surface area contributed by atoms with Gasteiger partial charge in [0, 0.05) is 12.3 Å². The summed E-state index contributed by atoms with van der Waals surface area (Å²) in [5.74, 6) is 1.18. The van der Waals surface area contributed by atoms with Crippen molar-refractivity contribution in [2.24, 2.45) is 5.73 Å². The molecule has 0 atom stereocenters. The van der Waals surface area contributed by atoms with Crippen LogP contribution in [-0.2, 0) is 0 Å². The second-order valence-electron chi connectivity index (χ2n) is 3.76. The number of aromatic nitrogens is 1. The van der Waals surface area contributed by atoms with Crippen molar-refractivity contribution < 1.29 is 4.74 Å². The number of aryl methyl sites for hydroxylation is 1. The Morgan fingerprint density at radius 3 is 2.83 bits per heavy atom. The van der Waals surface area contributed by atoms with Gasteiger partial charge in [-0.25, -0.2) is 0 Å². The number of nitrogens with two attached hydrogens (primary N) is 1. The van der Waals surface area contributed by atoms with Gasteiger partial charge in [0.15, 0.2) is 0 Å². The zero-order chi connectivity index (χ0) is 13.1. The second kappa shape index (κ2) is 5.33. The molecule has 1 aromatic heterocycles. The van der Waals surface area contributed by atoms with Crippen molar-refractivity contribution in [3.05, 3.63) is 52.8 Å². The Bertz CT molecular complexity index is 601. The molecule has 5 heteroatoms. The Labute approximate surface area is 116 Å². The van der Waals surface area contributed by atoms with E-state index < -0.39 is 0 Å². The molecule has 3 nitrogen and oxygen atoms in total. The summed E-state index contributed by atoms with van der Waals surface area (Å²) in [5, 5.41) is 0.512. The van der Waals surface area contributed by atoms with E-state index in [1.807, 2.05) is 25.1 Å². The minimum atomic E-state index is 0.295. The first-order valence-corrected chi connectivity index (χ1v) is 6.04. The molecule has 0 aliphatic carbocycles. The summed E-state index contributed by atoms with van der Waals surface area (Å²) in [6.45, 7) is 1.93. The first-order chi connectivity index (χ1) is 8.58. The van der Waals surface area contributed by atoms with Gasteiger partial charge in [0.2, 0.25) is 0 Å². The van der Waals surface area contributed by atoms with Gasteiger partial charge in [0.1, 0.15) is 16.5 Å². The lowest BCUT2D eigenvalue weighted by Gasteiger charge is -2.12. The predicted octanol–water partition coefficient (Wildman–Crippen LogP) is 3.47. The molecule has 0 unspecified atom stereocenters. The molecular weight excluding hydrogens is 268 g/mol. The van der Waals surface area contributed by atoms with Crippen molar-refractivity contribution in [2.45, 2.75) is 6.92 Å². The fourth-order valence-electron chi connectivity index (χ4n) is 1.55. The molecule has 0 fully saturated rings. The van der Waals surface area contributed by atoms with Crippen LogP contribution in [0.15, 0.2) is 36.7 Å². The maximum absolute atomic E-state index is 5.86. The van der Waals surface area contributed by atoms with Gasteiger partial charge in [-0.15, -0.1) is 0 Å². The first kappa shape index (κ1) is 12.8. The average molecular weight is 279 g/mol. The zero-order valence-electron chi connectivity index (χ0n) is 9.68. The van der Waals surface area contributed by atoms with Crippen molar-refractivity contribution in [3.63, 3.8) is 0 Å². The monoisotopic (exact) mass is 278 g/mol. The van der Waals surface area contributed by atoms with Crippen LogP contribution in [0.5, 0.6) is 11.5 Å². The van der Waals surface area contributed by atoms with Gasteiger partial charge < -0.3 is 10.5 Å². The number of rotatable bonds is 3. The number of ether oxygens (including phenoxy) is 1. The normalized spacial score (nSPS) is 10.1. The van der Waals surface area contributed by atoms with Gasteiger partial charge in [0.25, 0.3) is 0 Å². The minimum Gasteiger partial charge on any atom is -0.455 e. The van der Waals surface area contributed by atoms with Crippen LogP contribution in [-0.4, -0.2) is 9.97 Å². The van der Waals surface area contributed by atoms with Crippen LogP contribution in [0.1, 0.15) is 11.1 Å². The topological polar surface area (TPSA) is 48.1 Å². The van der Waals surface area contributed by atoms with Gasteiger partial charge in [-0.3, -0.25) is 4.98 Å². The summed E-state index contributed by atoms with van der Waals surface area (Å²) in [6.07, 6.45) is 3.13. The Morgan fingerprint density at radius 2 is 2.17 bits per heavy atom. The van der Waals surface area contributed by atoms with Crippen LogP contribution in [0.25, 0.3) is 0 Å². The van der Waals surface area contributed by atoms with E-state index in [0.29, 0.717) is 27.1 Å². The lowest BCUT2D eigenvalue weighted by Crippen LogP contribution is -2.11. The molecule has 2 rings (SSSR count). The van der Waals surface area contributed by atoms with E-state index in [1.54, 1.807) is 18.5 Å². The zero-order valence-corrected chi connectivity index (χ0v) is 11.3. The summed E-state index contributed by atoms with van der Waals surface area (Å²) < 4.78 is 5.77. The average Bonchev–Trinajstić information content (AvgIpc) is 2.31. The summed E-state index contributed by atoms with van der Waals surface area (Å²) in [7, 11) is 0. The van der Waals surface area contributed by atoms with E-state index in [0.717, 1.165) is 5.56 Å². The standard InChI is InChI=1S/C13H11ClN2OS/c1-8-3-2-4-11(13(15)18)12(8)17-10-5-9(14)6-16-7-10/h2-7H,1H3,(H2,15,18). The van der Waals surface area contributed by atoms with Crippen LogP contribution >= 0.6 is 23.8 Å². The Kier molecular flexibility index (Phi) is 3.79. The number of benzene rings is 1. The van der Waals surface area contributed by atoms with E-state index in [4.69, 9.17) is 34.3 Å². The summed E-state index contributed by atoms with van der Waals surface area (Å²) in [6, 6.07) is 7.31. The molecule has 18 heavy (non-hydrogen) atoms. The van der Waals surface area contributed by atoms with Crippen LogP contribution < -0.4 is 10.5 Å². The number of hydrogen-bond acceptors (Lipinski definition) is 3. The fourth-order valence-corrected chi connectivity index (χ4v) is 1.87. The number of halogens is 1. The summed E-state index contributed by atoms with van der Waals surface area (Å²) in [4.78, 5) is 4.26. The van der Waals surface area contributed by atoms with E-state index in [2.05, 4.69) is 4.98 Å².